The predicted molar refractivity (Wildman–Crippen MR) is 140 cm³/mol. The average molecular weight is 500 g/mol. The smallest absolute Gasteiger partial charge is 0.268 e. The van der Waals surface area contributed by atoms with Crippen molar-refractivity contribution in [2.45, 2.75) is 25.3 Å². The van der Waals surface area contributed by atoms with Gasteiger partial charge in [-0.3, -0.25) is 19.9 Å². The molecule has 0 bridgehead atoms. The van der Waals surface area contributed by atoms with Crippen LogP contribution in [-0.2, 0) is 4.79 Å². The van der Waals surface area contributed by atoms with Gasteiger partial charge in [0, 0.05) is 19.1 Å². The third-order valence-electron chi connectivity index (χ3n) is 7.18. The van der Waals surface area contributed by atoms with Crippen molar-refractivity contribution in [1.82, 2.24) is 24.4 Å². The molecule has 0 radical (unpaired) electrons. The second-order valence-electron chi connectivity index (χ2n) is 9.52. The number of likely N-dealkylation sites (tertiary alicyclic amines) is 1. The first-order valence-electron chi connectivity index (χ1n) is 11.8. The van der Waals surface area contributed by atoms with Gasteiger partial charge >= 0.3 is 0 Å². The van der Waals surface area contributed by atoms with Crippen LogP contribution >= 0.6 is 11.3 Å². The van der Waals surface area contributed by atoms with Crippen molar-refractivity contribution < 1.29 is 9.59 Å². The van der Waals surface area contributed by atoms with E-state index in [1.54, 1.807) is 12.3 Å². The molecule has 2 amide bonds. The minimum absolute atomic E-state index is 0.00385. The van der Waals surface area contributed by atoms with Crippen LogP contribution in [0.15, 0.2) is 61.4 Å². The lowest BCUT2D eigenvalue weighted by Gasteiger charge is -2.46. The number of hydrogen-bond donors (Lipinski definition) is 2. The quantitative estimate of drug-likeness (QED) is 0.399. The topological polar surface area (TPSA) is 119 Å². The number of amides is 2. The number of nitrogens with two attached hydrogens (primary N) is 1. The summed E-state index contributed by atoms with van der Waals surface area (Å²) in [6.07, 6.45) is 7.37. The molecular formula is C26H25N7O2S. The fraction of sp³-hybridized carbons (Fsp3) is 0.269. The lowest BCUT2D eigenvalue weighted by Crippen LogP contribution is -2.42. The molecule has 1 spiro atoms. The molecule has 2 aliphatic rings. The molecule has 1 aliphatic heterocycles. The minimum atomic E-state index is -0.225. The summed E-state index contributed by atoms with van der Waals surface area (Å²) in [4.78, 5) is 41.7. The number of nitrogens with one attached hydrogen (secondary N) is 1. The molecule has 9 nitrogen and oxygen atoms in total. The Morgan fingerprint density at radius 3 is 2.81 bits per heavy atom. The molecule has 36 heavy (non-hydrogen) atoms. The Labute approximate surface area is 211 Å². The van der Waals surface area contributed by atoms with Gasteiger partial charge < -0.3 is 15.2 Å². The van der Waals surface area contributed by atoms with Gasteiger partial charge in [-0.25, -0.2) is 9.97 Å². The first-order valence-corrected chi connectivity index (χ1v) is 12.6. The number of anilines is 2. The van der Waals surface area contributed by atoms with Crippen molar-refractivity contribution in [3.63, 3.8) is 0 Å². The van der Waals surface area contributed by atoms with Crippen LogP contribution in [0.3, 0.4) is 0 Å². The van der Waals surface area contributed by atoms with E-state index in [1.165, 1.54) is 23.6 Å². The SMILES string of the molecule is C=CC(=O)N1CCC2(CC(n3c(NC(=O)c4ccc(-c5cncc(N)n5)s4)nc4ccccc43)C2)C1. The van der Waals surface area contributed by atoms with E-state index in [4.69, 9.17) is 10.7 Å². The van der Waals surface area contributed by atoms with Crippen LogP contribution in [-0.4, -0.2) is 49.3 Å². The Morgan fingerprint density at radius 1 is 1.17 bits per heavy atom. The molecular weight excluding hydrogens is 474 g/mol. The van der Waals surface area contributed by atoms with Gasteiger partial charge in [-0.05, 0) is 55.0 Å². The van der Waals surface area contributed by atoms with Gasteiger partial charge in [-0.2, -0.15) is 0 Å². The molecule has 4 aromatic rings. The van der Waals surface area contributed by atoms with Crippen molar-refractivity contribution in [2.24, 2.45) is 5.41 Å². The molecule has 182 valence electrons. The monoisotopic (exact) mass is 499 g/mol. The van der Waals surface area contributed by atoms with Gasteiger partial charge in [0.1, 0.15) is 11.5 Å². The van der Waals surface area contributed by atoms with Crippen LogP contribution in [0.5, 0.6) is 0 Å². The number of rotatable bonds is 5. The third kappa shape index (κ3) is 3.83. The van der Waals surface area contributed by atoms with Crippen LogP contribution in [0.1, 0.15) is 35.0 Å². The van der Waals surface area contributed by atoms with Crippen LogP contribution in [0, 0.1) is 5.41 Å². The summed E-state index contributed by atoms with van der Waals surface area (Å²) in [5.74, 6) is 0.642. The number of benzene rings is 1. The summed E-state index contributed by atoms with van der Waals surface area (Å²) in [6.45, 7) is 5.14. The van der Waals surface area contributed by atoms with Gasteiger partial charge in [0.2, 0.25) is 11.9 Å². The summed E-state index contributed by atoms with van der Waals surface area (Å²) < 4.78 is 2.15. The summed E-state index contributed by atoms with van der Waals surface area (Å²) in [6, 6.07) is 11.7. The summed E-state index contributed by atoms with van der Waals surface area (Å²) >= 11 is 1.33. The number of carbonyl (C=O) groups excluding carboxylic acids is 2. The maximum absolute atomic E-state index is 13.2. The van der Waals surface area contributed by atoms with E-state index in [9.17, 15) is 9.59 Å². The standard InChI is InChI=1S/C26H25N7O2S/c1-2-23(34)32-10-9-26(15-32)11-16(12-26)33-19-6-4-3-5-17(19)30-25(33)31-24(35)21-8-7-20(36-21)18-13-28-14-22(27)29-18/h2-8,13-14,16H,1,9-12,15H2,(H2,27,29)(H,30,31,35). The number of aromatic nitrogens is 4. The predicted octanol–water partition coefficient (Wildman–Crippen LogP) is 4.13. The van der Waals surface area contributed by atoms with E-state index < -0.39 is 0 Å². The van der Waals surface area contributed by atoms with E-state index in [2.05, 4.69) is 26.4 Å². The number of fused-ring (bicyclic) bond motifs is 1. The van der Waals surface area contributed by atoms with Gasteiger partial charge in [-0.1, -0.05) is 18.7 Å². The van der Waals surface area contributed by atoms with Crippen molar-refractivity contribution in [3.05, 3.63) is 66.3 Å². The maximum Gasteiger partial charge on any atom is 0.268 e. The van der Waals surface area contributed by atoms with Gasteiger partial charge in [-0.15, -0.1) is 11.3 Å². The van der Waals surface area contributed by atoms with E-state index >= 15 is 0 Å². The molecule has 3 aromatic heterocycles. The Bertz CT molecular complexity index is 1500. The third-order valence-corrected chi connectivity index (χ3v) is 8.29. The summed E-state index contributed by atoms with van der Waals surface area (Å²) in [7, 11) is 0. The number of carbonyl (C=O) groups is 2. The first kappa shape index (κ1) is 22.4. The van der Waals surface area contributed by atoms with E-state index in [1.807, 2.05) is 35.2 Å². The molecule has 3 N–H and O–H groups in total. The zero-order valence-corrected chi connectivity index (χ0v) is 20.4. The van der Waals surface area contributed by atoms with E-state index in [0.717, 1.165) is 48.3 Å². The van der Waals surface area contributed by atoms with Gasteiger partial charge in [0.15, 0.2) is 0 Å². The Morgan fingerprint density at radius 2 is 2.00 bits per heavy atom. The van der Waals surface area contributed by atoms with Crippen LogP contribution < -0.4 is 11.1 Å². The molecule has 4 heterocycles. The zero-order valence-electron chi connectivity index (χ0n) is 19.6. The molecule has 1 saturated carbocycles. The van der Waals surface area contributed by atoms with Crippen LogP contribution in [0.4, 0.5) is 11.8 Å². The normalized spacial score (nSPS) is 21.0. The minimum Gasteiger partial charge on any atom is -0.382 e. The Kier molecular flexibility index (Phi) is 5.33. The van der Waals surface area contributed by atoms with E-state index in [0.29, 0.717) is 22.3 Å². The van der Waals surface area contributed by atoms with Crippen LogP contribution in [0.25, 0.3) is 21.6 Å². The highest BCUT2D eigenvalue weighted by Gasteiger charge is 2.50. The first-order chi connectivity index (χ1) is 17.4. The molecule has 10 heteroatoms. The number of para-hydroxylation sites is 2. The number of thiophene rings is 1. The number of imidazole rings is 1. The van der Waals surface area contributed by atoms with Crippen molar-refractivity contribution in [3.8, 4) is 10.6 Å². The second kappa shape index (κ2) is 8.56. The molecule has 2 fully saturated rings. The summed E-state index contributed by atoms with van der Waals surface area (Å²) in [5.41, 5.74) is 8.34. The number of hydrogen-bond acceptors (Lipinski definition) is 7. The van der Waals surface area contributed by atoms with Gasteiger partial charge in [0.25, 0.3) is 5.91 Å². The van der Waals surface area contributed by atoms with Crippen molar-refractivity contribution >= 4 is 46.0 Å². The fourth-order valence-corrected chi connectivity index (χ4v) is 6.33. The molecule has 0 unspecified atom stereocenters. The molecule has 6 rings (SSSR count). The molecule has 1 aromatic carbocycles. The average Bonchev–Trinajstić information content (AvgIpc) is 3.59. The lowest BCUT2D eigenvalue weighted by molar-refractivity contribution is -0.125. The van der Waals surface area contributed by atoms with Crippen molar-refractivity contribution in [2.75, 3.05) is 24.1 Å². The highest BCUT2D eigenvalue weighted by atomic mass is 32.1. The van der Waals surface area contributed by atoms with Crippen molar-refractivity contribution in [1.29, 1.82) is 0 Å². The zero-order chi connectivity index (χ0) is 24.9. The maximum atomic E-state index is 13.2. The highest BCUT2D eigenvalue weighted by molar-refractivity contribution is 7.17. The molecule has 0 atom stereocenters. The molecule has 1 saturated heterocycles. The van der Waals surface area contributed by atoms with E-state index in [-0.39, 0.29) is 23.3 Å². The molecule has 1 aliphatic carbocycles. The largest absolute Gasteiger partial charge is 0.382 e. The van der Waals surface area contributed by atoms with Gasteiger partial charge in [0.05, 0.1) is 33.2 Å². The summed E-state index contributed by atoms with van der Waals surface area (Å²) in [5, 5.41) is 3.04. The second-order valence-corrected chi connectivity index (χ2v) is 10.6. The number of nitrogen functional groups attached to an aromatic ring is 1. The fourth-order valence-electron chi connectivity index (χ4n) is 5.47. The Hall–Kier alpha value is -4.05. The number of nitrogens with zero attached hydrogens (tertiary/aromatic N) is 5. The Balaban J connectivity index is 1.24. The van der Waals surface area contributed by atoms with Crippen LogP contribution in [0.2, 0.25) is 0 Å². The highest BCUT2D eigenvalue weighted by Crippen LogP contribution is 2.55. The lowest BCUT2D eigenvalue weighted by atomic mass is 9.65.